The number of methoxy groups -OCH3 is 1. The molecule has 19 heavy (non-hydrogen) atoms. The summed E-state index contributed by atoms with van der Waals surface area (Å²) in [7, 11) is 3.04. The van der Waals surface area contributed by atoms with Crippen molar-refractivity contribution in [3.63, 3.8) is 0 Å². The summed E-state index contributed by atoms with van der Waals surface area (Å²) in [5.41, 5.74) is 0.0452. The summed E-state index contributed by atoms with van der Waals surface area (Å²) in [4.78, 5) is 22.0. The maximum absolute atomic E-state index is 12.0. The van der Waals surface area contributed by atoms with Crippen molar-refractivity contribution in [2.45, 2.75) is 12.5 Å². The first-order valence-electron chi connectivity index (χ1n) is 5.71. The summed E-state index contributed by atoms with van der Waals surface area (Å²) in [5, 5.41) is 22.2. The number of aromatic nitrogens is 1. The molecule has 1 atom stereocenters. The van der Waals surface area contributed by atoms with Crippen molar-refractivity contribution in [2.75, 3.05) is 20.3 Å². The minimum absolute atomic E-state index is 0.0818. The van der Waals surface area contributed by atoms with Crippen molar-refractivity contribution in [3.05, 3.63) is 28.1 Å². The number of ether oxygens (including phenoxy) is 1. The number of carbonyl (C=O) groups is 1. The molecule has 0 bridgehead atoms. The van der Waals surface area contributed by atoms with Crippen molar-refractivity contribution in [3.8, 4) is 0 Å². The van der Waals surface area contributed by atoms with E-state index >= 15 is 0 Å². The average Bonchev–Trinajstić information content (AvgIpc) is 2.72. The Bertz CT molecular complexity index is 451. The molecule has 0 fully saturated rings. The molecule has 0 aliphatic carbocycles. The van der Waals surface area contributed by atoms with Crippen LogP contribution >= 0.6 is 0 Å². The first kappa shape index (κ1) is 15.1. The van der Waals surface area contributed by atoms with Crippen molar-refractivity contribution in [2.24, 2.45) is 7.05 Å². The molecule has 0 saturated heterocycles. The van der Waals surface area contributed by atoms with Crippen molar-refractivity contribution >= 4 is 11.6 Å². The Morgan fingerprint density at radius 1 is 1.68 bits per heavy atom. The number of rotatable bonds is 7. The predicted octanol–water partition coefficient (Wildman–Crippen LogP) is 0.0605. The molecule has 0 radical (unpaired) electrons. The minimum Gasteiger partial charge on any atom is -0.396 e. The number of nitrogens with zero attached hydrogens (tertiary/aromatic N) is 2. The van der Waals surface area contributed by atoms with Crippen molar-refractivity contribution in [1.82, 2.24) is 9.88 Å². The summed E-state index contributed by atoms with van der Waals surface area (Å²) in [6.07, 6.45) is 1.62. The molecule has 1 aromatic heterocycles. The number of nitro groups is 1. The van der Waals surface area contributed by atoms with E-state index in [-0.39, 0.29) is 30.6 Å². The van der Waals surface area contributed by atoms with Crippen LogP contribution in [0.4, 0.5) is 5.69 Å². The van der Waals surface area contributed by atoms with Gasteiger partial charge in [0.2, 0.25) is 0 Å². The summed E-state index contributed by atoms with van der Waals surface area (Å²) in [6.45, 7) is 0.181. The standard InChI is InChI=1S/C11H17N3O5/c1-13-6-9(14(17)18)5-10(13)11(16)12-8(3-4-15)7-19-2/h5-6,8,15H,3-4,7H2,1-2H3,(H,12,16). The van der Waals surface area contributed by atoms with E-state index in [1.54, 1.807) is 7.05 Å². The number of hydrogen-bond donors (Lipinski definition) is 2. The van der Waals surface area contributed by atoms with Gasteiger partial charge in [0.05, 0.1) is 23.8 Å². The van der Waals surface area contributed by atoms with Gasteiger partial charge in [-0.2, -0.15) is 0 Å². The highest BCUT2D eigenvalue weighted by Gasteiger charge is 2.20. The molecular weight excluding hydrogens is 254 g/mol. The van der Waals surface area contributed by atoms with Crippen LogP contribution in [-0.4, -0.2) is 46.9 Å². The number of aliphatic hydroxyl groups excluding tert-OH is 1. The second kappa shape index (κ2) is 6.86. The highest BCUT2D eigenvalue weighted by atomic mass is 16.6. The van der Waals surface area contributed by atoms with Gasteiger partial charge >= 0.3 is 0 Å². The molecule has 0 spiro atoms. The van der Waals surface area contributed by atoms with Gasteiger partial charge in [0.1, 0.15) is 5.69 Å². The molecular formula is C11H17N3O5. The second-order valence-corrected chi connectivity index (χ2v) is 4.09. The lowest BCUT2D eigenvalue weighted by Gasteiger charge is -2.16. The molecule has 8 heteroatoms. The molecule has 0 aliphatic heterocycles. The van der Waals surface area contributed by atoms with E-state index in [1.807, 2.05) is 0 Å². The molecule has 0 aromatic carbocycles. The Balaban J connectivity index is 2.78. The lowest BCUT2D eigenvalue weighted by molar-refractivity contribution is -0.384. The second-order valence-electron chi connectivity index (χ2n) is 4.09. The first-order chi connectivity index (χ1) is 8.99. The number of amides is 1. The smallest absolute Gasteiger partial charge is 0.287 e. The molecule has 2 N–H and O–H groups in total. The van der Waals surface area contributed by atoms with Gasteiger partial charge in [0.15, 0.2) is 0 Å². The van der Waals surface area contributed by atoms with Crippen LogP contribution in [0, 0.1) is 10.1 Å². The Morgan fingerprint density at radius 3 is 2.84 bits per heavy atom. The van der Waals surface area contributed by atoms with E-state index in [1.165, 1.54) is 23.9 Å². The lowest BCUT2D eigenvalue weighted by Crippen LogP contribution is -2.39. The third-order valence-electron chi connectivity index (χ3n) is 2.61. The summed E-state index contributed by atoms with van der Waals surface area (Å²) >= 11 is 0. The van der Waals surface area contributed by atoms with Gasteiger partial charge in [-0.05, 0) is 6.42 Å². The lowest BCUT2D eigenvalue weighted by atomic mass is 10.2. The number of aryl methyl sites for hydroxylation is 1. The van der Waals surface area contributed by atoms with E-state index in [2.05, 4.69) is 5.32 Å². The van der Waals surface area contributed by atoms with Gasteiger partial charge < -0.3 is 19.7 Å². The highest BCUT2D eigenvalue weighted by molar-refractivity contribution is 5.93. The van der Waals surface area contributed by atoms with Crippen LogP contribution < -0.4 is 5.32 Å². The number of carbonyl (C=O) groups excluding carboxylic acids is 1. The van der Waals surface area contributed by atoms with Gasteiger partial charge in [0, 0.05) is 26.8 Å². The molecule has 8 nitrogen and oxygen atoms in total. The Labute approximate surface area is 110 Å². The molecule has 1 rings (SSSR count). The van der Waals surface area contributed by atoms with Crippen LogP contribution in [-0.2, 0) is 11.8 Å². The van der Waals surface area contributed by atoms with Crippen LogP contribution in [0.2, 0.25) is 0 Å². The normalized spacial score (nSPS) is 12.2. The first-order valence-corrected chi connectivity index (χ1v) is 5.71. The zero-order valence-electron chi connectivity index (χ0n) is 10.8. The van der Waals surface area contributed by atoms with Gasteiger partial charge in [-0.25, -0.2) is 0 Å². The van der Waals surface area contributed by atoms with E-state index in [0.29, 0.717) is 6.42 Å². The average molecular weight is 271 g/mol. The van der Waals surface area contributed by atoms with Gasteiger partial charge in [0.25, 0.3) is 11.6 Å². The summed E-state index contributed by atoms with van der Waals surface area (Å²) in [6, 6.07) is 0.870. The number of hydrogen-bond acceptors (Lipinski definition) is 5. The number of nitrogens with one attached hydrogen (secondary N) is 1. The quantitative estimate of drug-likeness (QED) is 0.538. The minimum atomic E-state index is -0.558. The molecule has 1 aromatic rings. The van der Waals surface area contributed by atoms with Crippen molar-refractivity contribution in [1.29, 1.82) is 0 Å². The van der Waals surface area contributed by atoms with E-state index < -0.39 is 10.8 Å². The zero-order chi connectivity index (χ0) is 14.4. The van der Waals surface area contributed by atoms with E-state index in [9.17, 15) is 14.9 Å². The van der Waals surface area contributed by atoms with Crippen molar-refractivity contribution < 1.29 is 19.6 Å². The monoisotopic (exact) mass is 271 g/mol. The fraction of sp³-hybridized carbons (Fsp3) is 0.545. The SMILES string of the molecule is COCC(CCO)NC(=O)c1cc([N+](=O)[O-])cn1C. The topological polar surface area (TPSA) is 107 Å². The third kappa shape index (κ3) is 4.04. The molecule has 1 unspecified atom stereocenters. The molecule has 0 saturated carbocycles. The van der Waals surface area contributed by atoms with E-state index in [4.69, 9.17) is 9.84 Å². The Kier molecular flexibility index (Phi) is 5.46. The maximum Gasteiger partial charge on any atom is 0.287 e. The largest absolute Gasteiger partial charge is 0.396 e. The fourth-order valence-corrected chi connectivity index (χ4v) is 1.69. The molecule has 1 heterocycles. The number of aliphatic hydroxyl groups is 1. The maximum atomic E-state index is 12.0. The zero-order valence-corrected chi connectivity index (χ0v) is 10.8. The van der Waals surface area contributed by atoms with Crippen LogP contribution in [0.25, 0.3) is 0 Å². The highest BCUT2D eigenvalue weighted by Crippen LogP contribution is 2.15. The predicted molar refractivity (Wildman–Crippen MR) is 66.9 cm³/mol. The Morgan fingerprint density at radius 2 is 2.37 bits per heavy atom. The van der Waals surface area contributed by atoms with E-state index in [0.717, 1.165) is 0 Å². The summed E-state index contributed by atoms with van der Waals surface area (Å²) < 4.78 is 6.31. The summed E-state index contributed by atoms with van der Waals surface area (Å²) in [5.74, 6) is -0.439. The molecule has 0 aliphatic rings. The molecule has 1 amide bonds. The van der Waals surface area contributed by atoms with Gasteiger partial charge in [-0.1, -0.05) is 0 Å². The third-order valence-corrected chi connectivity index (χ3v) is 2.61. The van der Waals surface area contributed by atoms with Crippen LogP contribution in [0.1, 0.15) is 16.9 Å². The van der Waals surface area contributed by atoms with Crippen LogP contribution in [0.15, 0.2) is 12.3 Å². The van der Waals surface area contributed by atoms with Crippen LogP contribution in [0.5, 0.6) is 0 Å². The van der Waals surface area contributed by atoms with Crippen LogP contribution in [0.3, 0.4) is 0 Å². The van der Waals surface area contributed by atoms with Gasteiger partial charge in [-0.3, -0.25) is 14.9 Å². The Hall–Kier alpha value is -1.93. The fourth-order valence-electron chi connectivity index (χ4n) is 1.69. The molecule has 106 valence electrons. The van der Waals surface area contributed by atoms with Gasteiger partial charge in [-0.15, -0.1) is 0 Å².